The van der Waals surface area contributed by atoms with Crippen LogP contribution in [0.25, 0.3) is 0 Å². The van der Waals surface area contributed by atoms with E-state index < -0.39 is 0 Å². The van der Waals surface area contributed by atoms with E-state index in [-0.39, 0.29) is 50.3 Å². The van der Waals surface area contributed by atoms with Gasteiger partial charge in [-0.1, -0.05) is 0 Å². The van der Waals surface area contributed by atoms with Gasteiger partial charge in [0.2, 0.25) is 0 Å². The molecule has 0 unspecified atom stereocenters. The molecule has 5 heavy (non-hydrogen) atoms. The van der Waals surface area contributed by atoms with E-state index in [0.29, 0.717) is 16.2 Å². The van der Waals surface area contributed by atoms with Gasteiger partial charge >= 0.3 is 20.0 Å². The Morgan fingerprint density at radius 1 is 1.20 bits per heavy atom. The predicted octanol–water partition coefficient (Wildman–Crippen LogP) is -0.775. The van der Waals surface area contributed by atoms with Crippen molar-refractivity contribution >= 4 is 16.2 Å². The zero-order chi connectivity index (χ0) is 2.00. The minimum absolute atomic E-state index is 0. The first kappa shape index (κ1) is 28.8. The average Bonchev–Trinajstić information content (AvgIpc) is 1.00. The maximum absolute atomic E-state index is 8.28. The third-order valence-electron chi connectivity index (χ3n) is 0. The van der Waals surface area contributed by atoms with E-state index in [1.54, 1.807) is 0 Å². The van der Waals surface area contributed by atoms with E-state index in [1.165, 1.54) is 0 Å². The molecule has 0 rings (SSSR count). The molecular formula is HAlCoMnNiO. The molecule has 1 nitrogen and oxygen atoms in total. The second-order valence-electron chi connectivity index (χ2n) is 0. The normalized spacial score (nSPS) is 0.600. The Kier molecular flexibility index (Phi) is 232. The van der Waals surface area contributed by atoms with Gasteiger partial charge in [0.1, 0.15) is 0 Å². The molecule has 0 saturated carbocycles. The second kappa shape index (κ2) is 40.2. The van der Waals surface area contributed by atoms with Crippen LogP contribution in [-0.2, 0) is 54.1 Å². The van der Waals surface area contributed by atoms with Crippen LogP contribution in [0.3, 0.4) is 0 Å². The summed E-state index contributed by atoms with van der Waals surface area (Å²) < 4.78 is 8.28. The van der Waals surface area contributed by atoms with Crippen LogP contribution in [0.5, 0.6) is 0 Å². The molecule has 0 spiro atoms. The summed E-state index contributed by atoms with van der Waals surface area (Å²) in [5.41, 5.74) is 0. The van der Waals surface area contributed by atoms with Crippen LogP contribution in [0.1, 0.15) is 0 Å². The van der Waals surface area contributed by atoms with Crippen molar-refractivity contribution in [2.45, 2.75) is 0 Å². The molecule has 0 bridgehead atoms. The molecule has 0 heterocycles. The van der Waals surface area contributed by atoms with Crippen molar-refractivity contribution < 1.29 is 54.1 Å². The van der Waals surface area contributed by atoms with Gasteiger partial charge in [-0.05, 0) is 0 Å². The standard InChI is InChI=1S/Al.Co.Mn.Ni.O.H. The molecule has 0 atom stereocenters. The predicted molar refractivity (Wildman–Crippen MR) is 7.84 cm³/mol. The fraction of sp³-hybridized carbons (Fsp3) is 0. The van der Waals surface area contributed by atoms with Gasteiger partial charge < -0.3 is 0 Å². The zero-order valence-corrected chi connectivity index (χ0v) is 6.77. The summed E-state index contributed by atoms with van der Waals surface area (Å²) in [6.45, 7) is 0. The second-order valence-corrected chi connectivity index (χ2v) is 0. The van der Waals surface area contributed by atoms with Crippen molar-refractivity contribution in [3.8, 4) is 0 Å². The molecular weight excluding hydrogens is 216 g/mol. The monoisotopic (exact) mass is 216 g/mol. The first-order chi connectivity index (χ1) is 1.00. The van der Waals surface area contributed by atoms with Crippen LogP contribution in [0.4, 0.5) is 0 Å². The van der Waals surface area contributed by atoms with E-state index >= 15 is 0 Å². The van der Waals surface area contributed by atoms with E-state index in [9.17, 15) is 0 Å². The Morgan fingerprint density at radius 2 is 1.20 bits per heavy atom. The van der Waals surface area contributed by atoms with Crippen molar-refractivity contribution in [1.82, 2.24) is 0 Å². The number of hydrogen-bond donors (Lipinski definition) is 0. The van der Waals surface area contributed by atoms with Crippen molar-refractivity contribution in [2.24, 2.45) is 0 Å². The Bertz CT molecular complexity index is 11.6. The molecule has 0 fully saturated rings. The molecule has 0 aliphatic heterocycles. The van der Waals surface area contributed by atoms with E-state index in [1.807, 2.05) is 0 Å². The molecule has 0 N–H and O–H groups in total. The molecule has 0 aliphatic rings. The van der Waals surface area contributed by atoms with Gasteiger partial charge in [-0.15, -0.1) is 0 Å². The third kappa shape index (κ3) is 25.3. The number of hydrogen-bond acceptors (Lipinski definition) is 1. The van der Waals surface area contributed by atoms with Crippen molar-refractivity contribution in [1.29, 1.82) is 0 Å². The van der Waals surface area contributed by atoms with Crippen LogP contribution in [0.15, 0.2) is 0 Å². The van der Waals surface area contributed by atoms with Crippen molar-refractivity contribution in [3.63, 3.8) is 0 Å². The minimum atomic E-state index is 0. The topological polar surface area (TPSA) is 17.1 Å². The Hall–Kier alpha value is 1.85. The molecule has 0 amide bonds. The molecule has 0 saturated heterocycles. The van der Waals surface area contributed by atoms with Gasteiger partial charge in [0, 0.05) is 50.3 Å². The molecule has 0 aromatic heterocycles. The third-order valence-corrected chi connectivity index (χ3v) is 0. The molecule has 0 aromatic carbocycles. The summed E-state index contributed by atoms with van der Waals surface area (Å²) in [6.07, 6.45) is 0. The fourth-order valence-electron chi connectivity index (χ4n) is 0. The first-order valence-corrected chi connectivity index (χ1v) is 0.866. The van der Waals surface area contributed by atoms with Gasteiger partial charge in [-0.2, -0.15) is 0 Å². The van der Waals surface area contributed by atoms with E-state index in [4.69, 9.17) is 3.80 Å². The summed E-state index contributed by atoms with van der Waals surface area (Å²) in [5, 5.41) is 0. The van der Waals surface area contributed by atoms with Gasteiger partial charge in [-0.3, -0.25) is 0 Å². The van der Waals surface area contributed by atoms with E-state index in [0.717, 1.165) is 0 Å². The van der Waals surface area contributed by atoms with Crippen LogP contribution in [0.2, 0.25) is 0 Å². The summed E-state index contributed by atoms with van der Waals surface area (Å²) in [5.74, 6) is 0. The SMILES string of the molecule is [Co].[Mn].[Ni].[O]=[AlH]. The van der Waals surface area contributed by atoms with Crippen LogP contribution >= 0.6 is 0 Å². The average molecular weight is 217 g/mol. The van der Waals surface area contributed by atoms with Gasteiger partial charge in [0.15, 0.2) is 0 Å². The molecule has 0 aliphatic carbocycles. The molecule has 36 valence electrons. The Labute approximate surface area is 69.9 Å². The number of rotatable bonds is 0. The van der Waals surface area contributed by atoms with Crippen LogP contribution in [0, 0.1) is 0 Å². The fourth-order valence-corrected chi connectivity index (χ4v) is 0. The van der Waals surface area contributed by atoms with Gasteiger partial charge in [-0.25, -0.2) is 0 Å². The van der Waals surface area contributed by atoms with E-state index in [2.05, 4.69) is 0 Å². The summed E-state index contributed by atoms with van der Waals surface area (Å²) in [4.78, 5) is 0. The molecule has 5 heteroatoms. The van der Waals surface area contributed by atoms with Gasteiger partial charge in [0.25, 0.3) is 0 Å². The molecule has 0 aromatic rings. The summed E-state index contributed by atoms with van der Waals surface area (Å²) >= 11 is 0.611. The van der Waals surface area contributed by atoms with Crippen molar-refractivity contribution in [3.05, 3.63) is 0 Å². The zero-order valence-electron chi connectivity index (χ0n) is 2.14. The van der Waals surface area contributed by atoms with Crippen LogP contribution < -0.4 is 0 Å². The van der Waals surface area contributed by atoms with Crippen LogP contribution in [-0.4, -0.2) is 16.2 Å². The molecule has 2 radical (unpaired) electrons. The first-order valence-electron chi connectivity index (χ1n) is 0.289. The van der Waals surface area contributed by atoms with Crippen molar-refractivity contribution in [2.75, 3.05) is 0 Å². The Morgan fingerprint density at radius 3 is 1.20 bits per heavy atom. The quantitative estimate of drug-likeness (QED) is 0.486. The Balaban J connectivity index is -0.00000000167. The maximum atomic E-state index is 8.28. The summed E-state index contributed by atoms with van der Waals surface area (Å²) in [6, 6.07) is 0. The van der Waals surface area contributed by atoms with Gasteiger partial charge in [0.05, 0.1) is 0 Å². The summed E-state index contributed by atoms with van der Waals surface area (Å²) in [7, 11) is 0.